The van der Waals surface area contributed by atoms with Crippen molar-refractivity contribution in [2.45, 2.75) is 25.6 Å². The molecule has 2 nitrogen and oxygen atoms in total. The average molecular weight is 835 g/mol. The zero-order valence-corrected chi connectivity index (χ0v) is 36.1. The maximum Gasteiger partial charge on any atom is 0.199 e. The Kier molecular flexibility index (Phi) is 10.0. The highest BCUT2D eigenvalue weighted by molar-refractivity contribution is 6.03. The molecule has 65 heavy (non-hydrogen) atoms. The third kappa shape index (κ3) is 7.52. The normalized spacial score (nSPS) is 14.0. The third-order valence-corrected chi connectivity index (χ3v) is 13.2. The molecule has 0 bridgehead atoms. The zero-order chi connectivity index (χ0) is 43.1. The van der Waals surface area contributed by atoms with Gasteiger partial charge in [0.1, 0.15) is 5.75 Å². The molecule has 2 heteroatoms. The Morgan fingerprint density at radius 1 is 0.308 bits per heavy atom. The van der Waals surface area contributed by atoms with Crippen LogP contribution >= 0.6 is 0 Å². The molecule has 310 valence electrons. The molecule has 0 spiro atoms. The Morgan fingerprint density at radius 3 is 0.969 bits per heavy atom. The monoisotopic (exact) mass is 834 g/mol. The van der Waals surface area contributed by atoms with Crippen LogP contribution in [0.3, 0.4) is 0 Å². The fraction of sp³-hybridized carbons (Fsp3) is 0.0794. The van der Waals surface area contributed by atoms with Crippen LogP contribution in [0, 0.1) is 0 Å². The van der Waals surface area contributed by atoms with Crippen LogP contribution in [-0.2, 0) is 4.74 Å². The van der Waals surface area contributed by atoms with E-state index in [-0.39, 0.29) is 6.29 Å². The first-order valence-electron chi connectivity index (χ1n) is 22.9. The van der Waals surface area contributed by atoms with E-state index in [1.807, 2.05) is 0 Å². The summed E-state index contributed by atoms with van der Waals surface area (Å²) in [6, 6.07) is 82.3. The SMILES string of the molecule is c1ccc2c(-c3cc(-c4cc(OC5CCCCO5)cc(-c5cc(-c6cccc7ccccc67)cc(-c6cccc7ccccc67)c5)c4)cc(-c4cccc5ccccc45)c3)cccc2c1. The molecule has 0 N–H and O–H groups in total. The van der Waals surface area contributed by atoms with Crippen LogP contribution in [0.4, 0.5) is 0 Å². The predicted octanol–water partition coefficient (Wildman–Crippen LogP) is 17.2. The summed E-state index contributed by atoms with van der Waals surface area (Å²) in [5, 5.41) is 9.81. The number of fused-ring (bicyclic) bond motifs is 4. The van der Waals surface area contributed by atoms with Gasteiger partial charge in [0.2, 0.25) is 0 Å². The van der Waals surface area contributed by atoms with Crippen LogP contribution in [0.1, 0.15) is 19.3 Å². The minimum atomic E-state index is -0.298. The molecular formula is C63H46O2. The van der Waals surface area contributed by atoms with Crippen LogP contribution in [0.25, 0.3) is 110 Å². The summed E-state index contributed by atoms with van der Waals surface area (Å²) in [6.07, 6.45) is 2.71. The Labute approximate surface area is 380 Å². The molecule has 0 aliphatic carbocycles. The Hall–Kier alpha value is -7.78. The molecule has 0 saturated carbocycles. The van der Waals surface area contributed by atoms with Crippen LogP contribution in [-0.4, -0.2) is 12.9 Å². The molecule has 11 aromatic carbocycles. The van der Waals surface area contributed by atoms with Gasteiger partial charge in [-0.15, -0.1) is 0 Å². The van der Waals surface area contributed by atoms with Crippen LogP contribution < -0.4 is 4.74 Å². The summed E-state index contributed by atoms with van der Waals surface area (Å²) in [5.41, 5.74) is 13.9. The number of rotatable bonds is 8. The first-order valence-corrected chi connectivity index (χ1v) is 22.9. The maximum atomic E-state index is 6.85. The van der Waals surface area contributed by atoms with Gasteiger partial charge in [0.15, 0.2) is 6.29 Å². The smallest absolute Gasteiger partial charge is 0.199 e. The predicted molar refractivity (Wildman–Crippen MR) is 273 cm³/mol. The zero-order valence-electron chi connectivity index (χ0n) is 36.1. The van der Waals surface area contributed by atoms with E-state index in [2.05, 4.69) is 224 Å². The molecule has 1 fully saturated rings. The van der Waals surface area contributed by atoms with Crippen molar-refractivity contribution in [1.29, 1.82) is 0 Å². The summed E-state index contributed by atoms with van der Waals surface area (Å²) in [5.74, 6) is 0.800. The minimum Gasteiger partial charge on any atom is -0.465 e. The fourth-order valence-corrected chi connectivity index (χ4v) is 10.1. The molecule has 1 heterocycles. The van der Waals surface area contributed by atoms with Crippen LogP contribution in [0.15, 0.2) is 224 Å². The standard InChI is InChI=1S/C63H46O2/c1-5-23-55-42(15-1)19-11-27-59(55)50-34-46(35-51(38-50)60-28-12-20-43-16-2-6-24-56(43)60)48-33-49(41-54(40-48)65-63-31-9-10-32-64-63)47-36-52(61-29-13-21-44-17-3-7-25-57(44)61)39-53(37-47)62-30-14-22-45-18-4-8-26-58(45)62/h1-8,11-30,33-41,63H,9-10,31-32H2. The lowest BCUT2D eigenvalue weighted by Crippen LogP contribution is -2.25. The van der Waals surface area contributed by atoms with Gasteiger partial charge >= 0.3 is 0 Å². The first-order chi connectivity index (χ1) is 32.2. The molecule has 0 amide bonds. The number of benzene rings is 11. The van der Waals surface area contributed by atoms with E-state index < -0.39 is 0 Å². The molecule has 0 radical (unpaired) electrons. The van der Waals surface area contributed by atoms with Gasteiger partial charge in [-0.3, -0.25) is 0 Å². The van der Waals surface area contributed by atoms with E-state index in [9.17, 15) is 0 Å². The second-order valence-corrected chi connectivity index (χ2v) is 17.4. The number of ether oxygens (including phenoxy) is 2. The van der Waals surface area contributed by atoms with Gasteiger partial charge in [0.25, 0.3) is 0 Å². The number of hydrogen-bond acceptors (Lipinski definition) is 2. The quantitative estimate of drug-likeness (QED) is 0.152. The van der Waals surface area contributed by atoms with Gasteiger partial charge in [-0.2, -0.15) is 0 Å². The number of hydrogen-bond donors (Lipinski definition) is 0. The fourth-order valence-electron chi connectivity index (χ4n) is 10.1. The lowest BCUT2D eigenvalue weighted by molar-refractivity contribution is -0.105. The molecule has 1 aliphatic heterocycles. The second-order valence-electron chi connectivity index (χ2n) is 17.4. The summed E-state index contributed by atoms with van der Waals surface area (Å²) < 4.78 is 13.1. The van der Waals surface area contributed by atoms with Gasteiger partial charge in [-0.25, -0.2) is 0 Å². The van der Waals surface area contributed by atoms with E-state index in [0.29, 0.717) is 6.61 Å². The summed E-state index contributed by atoms with van der Waals surface area (Å²) in [7, 11) is 0. The van der Waals surface area contributed by atoms with Gasteiger partial charge in [0, 0.05) is 6.42 Å². The lowest BCUT2D eigenvalue weighted by Gasteiger charge is -2.24. The molecule has 1 saturated heterocycles. The molecule has 1 unspecified atom stereocenters. The summed E-state index contributed by atoms with van der Waals surface area (Å²) >= 11 is 0. The molecule has 1 atom stereocenters. The van der Waals surface area contributed by atoms with Gasteiger partial charge in [-0.1, -0.05) is 170 Å². The van der Waals surface area contributed by atoms with E-state index in [1.165, 1.54) is 87.6 Å². The third-order valence-electron chi connectivity index (χ3n) is 13.2. The van der Waals surface area contributed by atoms with Crippen molar-refractivity contribution in [3.8, 4) is 72.5 Å². The van der Waals surface area contributed by atoms with Crippen molar-refractivity contribution >= 4 is 43.1 Å². The molecule has 11 aromatic rings. The van der Waals surface area contributed by atoms with E-state index in [0.717, 1.165) is 47.3 Å². The molecular weight excluding hydrogens is 789 g/mol. The highest BCUT2D eigenvalue weighted by Crippen LogP contribution is 2.43. The highest BCUT2D eigenvalue weighted by Gasteiger charge is 2.19. The topological polar surface area (TPSA) is 18.5 Å². The average Bonchev–Trinajstić information content (AvgIpc) is 3.38. The lowest BCUT2D eigenvalue weighted by atomic mass is 9.88. The van der Waals surface area contributed by atoms with Crippen molar-refractivity contribution in [3.05, 3.63) is 224 Å². The second kappa shape index (κ2) is 16.7. The van der Waals surface area contributed by atoms with Crippen molar-refractivity contribution in [1.82, 2.24) is 0 Å². The van der Waals surface area contributed by atoms with Crippen LogP contribution in [0.5, 0.6) is 5.75 Å². The largest absolute Gasteiger partial charge is 0.465 e. The highest BCUT2D eigenvalue weighted by atomic mass is 16.7. The van der Waals surface area contributed by atoms with Crippen molar-refractivity contribution in [2.24, 2.45) is 0 Å². The summed E-state index contributed by atoms with van der Waals surface area (Å²) in [6.45, 7) is 0.708. The van der Waals surface area contributed by atoms with E-state index in [4.69, 9.17) is 9.47 Å². The van der Waals surface area contributed by atoms with Gasteiger partial charge < -0.3 is 9.47 Å². The van der Waals surface area contributed by atoms with Crippen molar-refractivity contribution in [2.75, 3.05) is 6.61 Å². The van der Waals surface area contributed by atoms with E-state index >= 15 is 0 Å². The Morgan fingerprint density at radius 2 is 0.615 bits per heavy atom. The van der Waals surface area contributed by atoms with Crippen LogP contribution in [0.2, 0.25) is 0 Å². The first kappa shape index (κ1) is 38.9. The molecule has 0 aromatic heterocycles. The Bertz CT molecular complexity index is 3140. The minimum absolute atomic E-state index is 0.298. The van der Waals surface area contributed by atoms with Crippen molar-refractivity contribution in [3.63, 3.8) is 0 Å². The van der Waals surface area contributed by atoms with Crippen molar-refractivity contribution < 1.29 is 9.47 Å². The van der Waals surface area contributed by atoms with E-state index in [1.54, 1.807) is 0 Å². The molecule has 12 rings (SSSR count). The summed E-state index contributed by atoms with van der Waals surface area (Å²) in [4.78, 5) is 0. The Balaban J connectivity index is 1.10. The molecule has 1 aliphatic rings. The van der Waals surface area contributed by atoms with Gasteiger partial charge in [-0.05, 0) is 177 Å². The van der Waals surface area contributed by atoms with Gasteiger partial charge in [0.05, 0.1) is 6.61 Å². The maximum absolute atomic E-state index is 6.85.